The number of alkyl halides is 1. The largest absolute Gasteiger partial charge is 0.287 e. The highest BCUT2D eigenvalue weighted by Gasteiger charge is 2.19. The highest BCUT2D eigenvalue weighted by molar-refractivity contribution is 7.21. The van der Waals surface area contributed by atoms with Gasteiger partial charge in [0.2, 0.25) is 0 Å². The maximum absolute atomic E-state index is 12.4. The third-order valence-electron chi connectivity index (χ3n) is 3.56. The van der Waals surface area contributed by atoms with Gasteiger partial charge in [-0.15, -0.1) is 22.9 Å². The second-order valence-electron chi connectivity index (χ2n) is 5.24. The van der Waals surface area contributed by atoms with Gasteiger partial charge in [-0.05, 0) is 30.0 Å². The quantitative estimate of drug-likeness (QED) is 0.555. The van der Waals surface area contributed by atoms with Crippen LogP contribution in [0.15, 0.2) is 30.3 Å². The Morgan fingerprint density at radius 1 is 1.25 bits per heavy atom. The molecule has 124 valence electrons. The van der Waals surface area contributed by atoms with Crippen LogP contribution in [0, 0.1) is 6.92 Å². The Balaban J connectivity index is 1.78. The lowest BCUT2D eigenvalue weighted by Crippen LogP contribution is -2.42. The second-order valence-corrected chi connectivity index (χ2v) is 6.56. The maximum atomic E-state index is 12.4. The number of amides is 2. The van der Waals surface area contributed by atoms with Crippen LogP contribution in [0.25, 0.3) is 10.1 Å². The van der Waals surface area contributed by atoms with Crippen LogP contribution in [0.2, 0.25) is 0 Å². The first-order valence-electron chi connectivity index (χ1n) is 7.19. The molecule has 0 spiro atoms. The van der Waals surface area contributed by atoms with Crippen LogP contribution in [0.3, 0.4) is 0 Å². The van der Waals surface area contributed by atoms with Gasteiger partial charge in [0.25, 0.3) is 11.8 Å². The Bertz CT molecular complexity index is 931. The summed E-state index contributed by atoms with van der Waals surface area (Å²) in [5.41, 5.74) is 6.70. The summed E-state index contributed by atoms with van der Waals surface area (Å²) in [6, 6.07) is 9.32. The van der Waals surface area contributed by atoms with Crippen molar-refractivity contribution in [2.75, 3.05) is 0 Å². The summed E-state index contributed by atoms with van der Waals surface area (Å²) in [6.07, 6.45) is 0. The lowest BCUT2D eigenvalue weighted by Gasteiger charge is -2.07. The van der Waals surface area contributed by atoms with Crippen molar-refractivity contribution in [1.29, 1.82) is 0 Å². The molecule has 0 saturated heterocycles. The van der Waals surface area contributed by atoms with Gasteiger partial charge in [0, 0.05) is 17.6 Å². The smallest absolute Gasteiger partial charge is 0.266 e. The topological polar surface area (TPSA) is 76.0 Å². The van der Waals surface area contributed by atoms with Gasteiger partial charge in [-0.25, -0.2) is 0 Å². The molecule has 24 heavy (non-hydrogen) atoms. The SMILES string of the molecule is Cc1cc(C(=O)NNC(=O)c2sc3ccccc3c2CCl)n(C)n1. The molecule has 0 aliphatic carbocycles. The standard InChI is InChI=1S/C16H15ClN4O2S/c1-9-7-12(21(2)20-9)15(22)18-19-16(23)14-11(8-17)10-5-3-4-6-13(10)24-14/h3-7H,8H2,1-2H3,(H,18,22)(H,19,23). The minimum atomic E-state index is -0.431. The summed E-state index contributed by atoms with van der Waals surface area (Å²) in [5.74, 6) is -0.596. The zero-order valence-corrected chi connectivity index (χ0v) is 14.7. The normalized spacial score (nSPS) is 10.8. The van der Waals surface area contributed by atoms with E-state index in [1.807, 2.05) is 24.3 Å². The fraction of sp³-hybridized carbons (Fsp3) is 0.188. The van der Waals surface area contributed by atoms with Crippen molar-refractivity contribution in [3.8, 4) is 0 Å². The van der Waals surface area contributed by atoms with E-state index >= 15 is 0 Å². The lowest BCUT2D eigenvalue weighted by atomic mass is 10.1. The molecule has 0 radical (unpaired) electrons. The number of aromatic nitrogens is 2. The second kappa shape index (κ2) is 6.62. The van der Waals surface area contributed by atoms with Crippen LogP contribution >= 0.6 is 22.9 Å². The molecule has 0 aliphatic rings. The third kappa shape index (κ3) is 3.00. The predicted octanol–water partition coefficient (Wildman–Crippen LogP) is 2.76. The van der Waals surface area contributed by atoms with Crippen LogP contribution in [0.4, 0.5) is 0 Å². The number of fused-ring (bicyclic) bond motifs is 1. The molecule has 2 N–H and O–H groups in total. The van der Waals surface area contributed by atoms with Crippen molar-refractivity contribution >= 4 is 44.8 Å². The van der Waals surface area contributed by atoms with Gasteiger partial charge in [-0.3, -0.25) is 25.1 Å². The van der Waals surface area contributed by atoms with Gasteiger partial charge in [0.05, 0.1) is 10.6 Å². The van der Waals surface area contributed by atoms with Crippen molar-refractivity contribution in [3.63, 3.8) is 0 Å². The van der Waals surface area contributed by atoms with Gasteiger partial charge >= 0.3 is 0 Å². The number of hydrogen-bond acceptors (Lipinski definition) is 4. The molecule has 8 heteroatoms. The van der Waals surface area contributed by atoms with Gasteiger partial charge in [0.15, 0.2) is 0 Å². The Morgan fingerprint density at radius 2 is 1.96 bits per heavy atom. The summed E-state index contributed by atoms with van der Waals surface area (Å²) < 4.78 is 2.44. The van der Waals surface area contributed by atoms with Crippen molar-refractivity contribution in [3.05, 3.63) is 52.2 Å². The lowest BCUT2D eigenvalue weighted by molar-refractivity contribution is 0.0843. The summed E-state index contributed by atoms with van der Waals surface area (Å²) in [5, 5.41) is 5.06. The number of hydrazine groups is 1. The molecule has 2 aromatic heterocycles. The van der Waals surface area contributed by atoms with E-state index in [2.05, 4.69) is 16.0 Å². The van der Waals surface area contributed by atoms with E-state index in [0.29, 0.717) is 10.6 Å². The predicted molar refractivity (Wildman–Crippen MR) is 94.3 cm³/mol. The zero-order chi connectivity index (χ0) is 17.3. The highest BCUT2D eigenvalue weighted by Crippen LogP contribution is 2.32. The Hall–Kier alpha value is -2.38. The first-order chi connectivity index (χ1) is 11.5. The highest BCUT2D eigenvalue weighted by atomic mass is 35.5. The number of thiophene rings is 1. The Morgan fingerprint density at radius 3 is 2.62 bits per heavy atom. The molecular weight excluding hydrogens is 348 g/mol. The Kier molecular flexibility index (Phi) is 4.55. The van der Waals surface area contributed by atoms with E-state index in [1.54, 1.807) is 20.0 Å². The minimum absolute atomic E-state index is 0.224. The summed E-state index contributed by atoms with van der Waals surface area (Å²) in [7, 11) is 1.67. The van der Waals surface area contributed by atoms with E-state index in [4.69, 9.17) is 11.6 Å². The van der Waals surface area contributed by atoms with E-state index < -0.39 is 5.91 Å². The van der Waals surface area contributed by atoms with Gasteiger partial charge in [-0.2, -0.15) is 5.10 Å². The monoisotopic (exact) mass is 362 g/mol. The summed E-state index contributed by atoms with van der Waals surface area (Å²) in [6.45, 7) is 1.79. The zero-order valence-electron chi connectivity index (χ0n) is 13.1. The van der Waals surface area contributed by atoms with Crippen LogP contribution in [-0.4, -0.2) is 21.6 Å². The average molecular weight is 363 g/mol. The first kappa shape index (κ1) is 16.5. The number of aryl methyl sites for hydroxylation is 2. The molecule has 0 atom stereocenters. The maximum Gasteiger partial charge on any atom is 0.287 e. The van der Waals surface area contributed by atoms with E-state index in [-0.39, 0.29) is 11.8 Å². The summed E-state index contributed by atoms with van der Waals surface area (Å²) in [4.78, 5) is 25.0. The molecule has 6 nitrogen and oxygen atoms in total. The van der Waals surface area contributed by atoms with Crippen LogP contribution in [-0.2, 0) is 12.9 Å². The van der Waals surface area contributed by atoms with Crippen molar-refractivity contribution in [2.24, 2.45) is 7.05 Å². The molecule has 0 fully saturated rings. The molecule has 2 amide bonds. The Labute approximate surface area is 147 Å². The van der Waals surface area contributed by atoms with Crippen molar-refractivity contribution in [2.45, 2.75) is 12.8 Å². The molecule has 0 bridgehead atoms. The molecule has 3 rings (SSSR count). The number of hydrogen-bond donors (Lipinski definition) is 2. The van der Waals surface area contributed by atoms with E-state index in [9.17, 15) is 9.59 Å². The molecular formula is C16H15ClN4O2S. The van der Waals surface area contributed by atoms with E-state index in [1.165, 1.54) is 16.0 Å². The minimum Gasteiger partial charge on any atom is -0.266 e. The molecule has 3 aromatic rings. The number of carbonyl (C=O) groups is 2. The average Bonchev–Trinajstić information content (AvgIpc) is 3.11. The van der Waals surface area contributed by atoms with Crippen molar-refractivity contribution in [1.82, 2.24) is 20.6 Å². The van der Waals surface area contributed by atoms with Crippen LogP contribution in [0.1, 0.15) is 31.4 Å². The number of benzene rings is 1. The first-order valence-corrected chi connectivity index (χ1v) is 8.54. The number of halogens is 1. The number of rotatable bonds is 3. The van der Waals surface area contributed by atoms with Gasteiger partial charge in [-0.1, -0.05) is 18.2 Å². The fourth-order valence-corrected chi connectivity index (χ4v) is 3.95. The van der Waals surface area contributed by atoms with Crippen LogP contribution < -0.4 is 10.9 Å². The molecule has 0 aliphatic heterocycles. The molecule has 0 saturated carbocycles. The van der Waals surface area contributed by atoms with Gasteiger partial charge < -0.3 is 0 Å². The number of nitrogens with one attached hydrogen (secondary N) is 2. The van der Waals surface area contributed by atoms with Crippen molar-refractivity contribution < 1.29 is 9.59 Å². The fourth-order valence-electron chi connectivity index (χ4n) is 2.47. The molecule has 1 aromatic carbocycles. The van der Waals surface area contributed by atoms with Gasteiger partial charge in [0.1, 0.15) is 5.69 Å². The van der Waals surface area contributed by atoms with E-state index in [0.717, 1.165) is 21.3 Å². The summed E-state index contributed by atoms with van der Waals surface area (Å²) >= 11 is 7.35. The van der Waals surface area contributed by atoms with Crippen LogP contribution in [0.5, 0.6) is 0 Å². The molecule has 2 heterocycles. The molecule has 0 unspecified atom stereocenters. The number of carbonyl (C=O) groups excluding carboxylic acids is 2. The third-order valence-corrected chi connectivity index (χ3v) is 5.04. The number of nitrogens with zero attached hydrogens (tertiary/aromatic N) is 2.